The molecule has 2 nitrogen and oxygen atoms in total. The van der Waals surface area contributed by atoms with Crippen molar-refractivity contribution in [1.82, 2.24) is 0 Å². The van der Waals surface area contributed by atoms with E-state index in [2.05, 4.69) is 68.1 Å². The first-order valence-electron chi connectivity index (χ1n) is 5.33. The highest BCUT2D eigenvalue weighted by atomic mass is 127. The maximum Gasteiger partial charge on any atom is 0.103 e. The Morgan fingerprint density at radius 3 is 2.72 bits per heavy atom. The SMILES string of the molecule is Cc1ccc(I)cc1Nc1cccc(Br)c1C#N. The fraction of sp³-hybridized carbons (Fsp3) is 0.0714. The van der Waals surface area contributed by atoms with Gasteiger partial charge in [0.15, 0.2) is 0 Å². The summed E-state index contributed by atoms with van der Waals surface area (Å²) in [5.74, 6) is 0. The molecule has 0 radical (unpaired) electrons. The van der Waals surface area contributed by atoms with Crippen molar-refractivity contribution >= 4 is 49.9 Å². The lowest BCUT2D eigenvalue weighted by molar-refractivity contribution is 1.39. The second-order valence-corrected chi connectivity index (χ2v) is 5.96. The van der Waals surface area contributed by atoms with E-state index in [0.29, 0.717) is 5.56 Å². The summed E-state index contributed by atoms with van der Waals surface area (Å²) in [5, 5.41) is 12.5. The number of nitrogens with zero attached hydrogens (tertiary/aromatic N) is 1. The molecular formula is C14H10BrIN2. The van der Waals surface area contributed by atoms with Gasteiger partial charge in [0.05, 0.1) is 11.3 Å². The van der Waals surface area contributed by atoms with Gasteiger partial charge in [-0.05, 0) is 75.3 Å². The van der Waals surface area contributed by atoms with Crippen LogP contribution in [-0.2, 0) is 0 Å². The lowest BCUT2D eigenvalue weighted by Crippen LogP contribution is -1.96. The van der Waals surface area contributed by atoms with Gasteiger partial charge in [-0.1, -0.05) is 12.1 Å². The van der Waals surface area contributed by atoms with E-state index < -0.39 is 0 Å². The Bertz CT molecular complexity index is 632. The van der Waals surface area contributed by atoms with Crippen molar-refractivity contribution in [2.24, 2.45) is 0 Å². The fourth-order valence-corrected chi connectivity index (χ4v) is 2.56. The van der Waals surface area contributed by atoms with Gasteiger partial charge in [-0.2, -0.15) is 5.26 Å². The van der Waals surface area contributed by atoms with E-state index in [9.17, 15) is 5.26 Å². The number of nitrogens with one attached hydrogen (secondary N) is 1. The topological polar surface area (TPSA) is 35.8 Å². The Labute approximate surface area is 128 Å². The molecule has 2 rings (SSSR count). The van der Waals surface area contributed by atoms with Crippen molar-refractivity contribution in [2.45, 2.75) is 6.92 Å². The molecule has 0 aliphatic heterocycles. The van der Waals surface area contributed by atoms with Crippen LogP contribution in [0.4, 0.5) is 11.4 Å². The molecule has 0 amide bonds. The number of halogens is 2. The molecule has 18 heavy (non-hydrogen) atoms. The molecule has 0 atom stereocenters. The Morgan fingerprint density at radius 1 is 1.22 bits per heavy atom. The molecular weight excluding hydrogens is 403 g/mol. The molecule has 90 valence electrons. The third kappa shape index (κ3) is 2.85. The third-order valence-corrected chi connectivity index (χ3v) is 3.93. The molecule has 0 aromatic heterocycles. The van der Waals surface area contributed by atoms with Crippen LogP contribution < -0.4 is 5.32 Å². The maximum absolute atomic E-state index is 9.18. The van der Waals surface area contributed by atoms with Crippen molar-refractivity contribution < 1.29 is 0 Å². The van der Waals surface area contributed by atoms with E-state index in [1.165, 1.54) is 0 Å². The number of anilines is 2. The van der Waals surface area contributed by atoms with Crippen LogP contribution in [0.15, 0.2) is 40.9 Å². The van der Waals surface area contributed by atoms with Crippen molar-refractivity contribution in [3.05, 3.63) is 55.6 Å². The van der Waals surface area contributed by atoms with Crippen LogP contribution in [-0.4, -0.2) is 0 Å². The number of hydrogen-bond acceptors (Lipinski definition) is 2. The first kappa shape index (κ1) is 13.4. The molecule has 0 fully saturated rings. The Morgan fingerprint density at radius 2 is 2.00 bits per heavy atom. The quantitative estimate of drug-likeness (QED) is 0.706. The minimum atomic E-state index is 0.621. The smallest absolute Gasteiger partial charge is 0.103 e. The van der Waals surface area contributed by atoms with Gasteiger partial charge >= 0.3 is 0 Å². The molecule has 0 aliphatic carbocycles. The zero-order valence-electron chi connectivity index (χ0n) is 9.67. The lowest BCUT2D eigenvalue weighted by Gasteiger charge is -2.12. The summed E-state index contributed by atoms with van der Waals surface area (Å²) in [6.07, 6.45) is 0. The van der Waals surface area contributed by atoms with E-state index >= 15 is 0 Å². The molecule has 0 saturated carbocycles. The van der Waals surface area contributed by atoms with Crippen LogP contribution in [0.1, 0.15) is 11.1 Å². The zero-order chi connectivity index (χ0) is 13.1. The maximum atomic E-state index is 9.18. The number of hydrogen-bond donors (Lipinski definition) is 1. The molecule has 0 saturated heterocycles. The number of aryl methyl sites for hydroxylation is 1. The second kappa shape index (κ2) is 5.72. The second-order valence-electron chi connectivity index (χ2n) is 3.86. The molecule has 4 heteroatoms. The highest BCUT2D eigenvalue weighted by Gasteiger charge is 2.07. The average molecular weight is 413 g/mol. The summed E-state index contributed by atoms with van der Waals surface area (Å²) in [5.41, 5.74) is 3.61. The molecule has 2 aromatic rings. The molecule has 0 aliphatic rings. The van der Waals surface area contributed by atoms with Crippen molar-refractivity contribution in [3.63, 3.8) is 0 Å². The van der Waals surface area contributed by atoms with Crippen molar-refractivity contribution in [1.29, 1.82) is 5.26 Å². The summed E-state index contributed by atoms with van der Waals surface area (Å²) in [6.45, 7) is 2.04. The summed E-state index contributed by atoms with van der Waals surface area (Å²) in [4.78, 5) is 0. The van der Waals surface area contributed by atoms with Gasteiger partial charge in [0.25, 0.3) is 0 Å². The highest BCUT2D eigenvalue weighted by Crippen LogP contribution is 2.28. The zero-order valence-corrected chi connectivity index (χ0v) is 13.4. The van der Waals surface area contributed by atoms with Crippen molar-refractivity contribution in [2.75, 3.05) is 5.32 Å². The lowest BCUT2D eigenvalue weighted by atomic mass is 10.1. The predicted molar refractivity (Wildman–Crippen MR) is 86.0 cm³/mol. The van der Waals surface area contributed by atoms with Gasteiger partial charge in [0.1, 0.15) is 6.07 Å². The van der Waals surface area contributed by atoms with Gasteiger partial charge in [0.2, 0.25) is 0 Å². The van der Waals surface area contributed by atoms with Crippen LogP contribution in [0.3, 0.4) is 0 Å². The summed E-state index contributed by atoms with van der Waals surface area (Å²) in [7, 11) is 0. The first-order valence-corrected chi connectivity index (χ1v) is 7.21. The van der Waals surface area contributed by atoms with Crippen LogP contribution in [0.2, 0.25) is 0 Å². The van der Waals surface area contributed by atoms with Crippen LogP contribution in [0.25, 0.3) is 0 Å². The van der Waals surface area contributed by atoms with E-state index in [4.69, 9.17) is 0 Å². The minimum absolute atomic E-state index is 0.621. The molecule has 0 heterocycles. The number of benzene rings is 2. The van der Waals surface area contributed by atoms with Gasteiger partial charge < -0.3 is 5.32 Å². The van der Waals surface area contributed by atoms with E-state index in [1.54, 1.807) is 0 Å². The summed E-state index contributed by atoms with van der Waals surface area (Å²) in [6, 6.07) is 14.1. The van der Waals surface area contributed by atoms with Crippen LogP contribution in [0, 0.1) is 21.8 Å². The van der Waals surface area contributed by atoms with Gasteiger partial charge in [-0.25, -0.2) is 0 Å². The highest BCUT2D eigenvalue weighted by molar-refractivity contribution is 14.1. The number of rotatable bonds is 2. The minimum Gasteiger partial charge on any atom is -0.354 e. The van der Waals surface area contributed by atoms with Gasteiger partial charge in [-0.15, -0.1) is 0 Å². The third-order valence-electron chi connectivity index (χ3n) is 2.59. The van der Waals surface area contributed by atoms with Crippen LogP contribution >= 0.6 is 38.5 Å². The molecule has 0 unspecified atom stereocenters. The average Bonchev–Trinajstić information content (AvgIpc) is 2.34. The van der Waals surface area contributed by atoms with E-state index in [0.717, 1.165) is 25.0 Å². The molecule has 0 spiro atoms. The molecule has 1 N–H and O–H groups in total. The van der Waals surface area contributed by atoms with Gasteiger partial charge in [0, 0.05) is 13.7 Å². The standard InChI is InChI=1S/C14H10BrIN2/c1-9-5-6-10(16)7-14(9)18-13-4-2-3-12(15)11(13)8-17/h2-7,18H,1H3. The molecule has 0 bridgehead atoms. The number of nitriles is 1. The first-order chi connectivity index (χ1) is 8.61. The predicted octanol–water partition coefficient (Wildman–Crippen LogP) is 4.98. The van der Waals surface area contributed by atoms with Gasteiger partial charge in [-0.3, -0.25) is 0 Å². The fourth-order valence-electron chi connectivity index (χ4n) is 1.62. The van der Waals surface area contributed by atoms with E-state index in [1.807, 2.05) is 25.1 Å². The van der Waals surface area contributed by atoms with Crippen molar-refractivity contribution in [3.8, 4) is 6.07 Å². The Hall–Kier alpha value is -1.06. The Kier molecular flexibility index (Phi) is 4.25. The van der Waals surface area contributed by atoms with E-state index in [-0.39, 0.29) is 0 Å². The Balaban J connectivity index is 2.44. The van der Waals surface area contributed by atoms with Crippen LogP contribution in [0.5, 0.6) is 0 Å². The normalized spacial score (nSPS) is 9.89. The largest absolute Gasteiger partial charge is 0.354 e. The summed E-state index contributed by atoms with van der Waals surface area (Å²) < 4.78 is 1.97. The molecule has 2 aromatic carbocycles. The monoisotopic (exact) mass is 412 g/mol. The summed E-state index contributed by atoms with van der Waals surface area (Å²) >= 11 is 5.66.